The van der Waals surface area contributed by atoms with Crippen LogP contribution in [0.15, 0.2) is 30.3 Å². The second-order valence-electron chi connectivity index (χ2n) is 5.27. The number of nitrogens with one attached hydrogen (secondary N) is 1. The van der Waals surface area contributed by atoms with Gasteiger partial charge in [-0.2, -0.15) is 0 Å². The van der Waals surface area contributed by atoms with Crippen molar-refractivity contribution in [3.8, 4) is 5.75 Å². The van der Waals surface area contributed by atoms with Crippen molar-refractivity contribution in [1.82, 2.24) is 5.32 Å². The lowest BCUT2D eigenvalue weighted by Crippen LogP contribution is -2.31. The van der Waals surface area contributed by atoms with Gasteiger partial charge in [-0.3, -0.25) is 0 Å². The average molecular weight is 308 g/mol. The van der Waals surface area contributed by atoms with Crippen molar-refractivity contribution in [2.24, 2.45) is 0 Å². The van der Waals surface area contributed by atoms with Crippen LogP contribution in [0.25, 0.3) is 0 Å². The molecule has 1 aromatic heterocycles. The lowest BCUT2D eigenvalue weighted by Gasteiger charge is -2.16. The van der Waals surface area contributed by atoms with Crippen LogP contribution in [0, 0.1) is 6.92 Å². The maximum Gasteiger partial charge on any atom is 0.123 e. The van der Waals surface area contributed by atoms with Crippen LogP contribution in [0.1, 0.15) is 28.3 Å². The topological polar surface area (TPSA) is 21.3 Å². The van der Waals surface area contributed by atoms with Crippen LogP contribution in [-0.4, -0.2) is 12.6 Å². The molecule has 0 amide bonds. The van der Waals surface area contributed by atoms with E-state index in [4.69, 9.17) is 16.3 Å². The number of thiophene rings is 1. The minimum atomic E-state index is 0.201. The zero-order chi connectivity index (χ0) is 14.1. The van der Waals surface area contributed by atoms with Gasteiger partial charge in [0.2, 0.25) is 0 Å². The van der Waals surface area contributed by atoms with E-state index < -0.39 is 0 Å². The fourth-order valence-electron chi connectivity index (χ4n) is 2.50. The lowest BCUT2D eigenvalue weighted by atomic mass is 10.1. The molecule has 0 fully saturated rings. The standard InChI is InChI=1S/C16H18ClNOS/c1-10-3-6-16(20-10)11(2)18-9-14-8-12-7-13(17)4-5-15(12)19-14/h3-7,11,14,18H,8-9H2,1-2H3. The second-order valence-corrected chi connectivity index (χ2v) is 7.03. The molecule has 2 unspecified atom stereocenters. The molecule has 2 heterocycles. The Bertz CT molecular complexity index is 610. The second kappa shape index (κ2) is 5.76. The van der Waals surface area contributed by atoms with Crippen LogP contribution in [0.4, 0.5) is 0 Å². The number of hydrogen-bond acceptors (Lipinski definition) is 3. The van der Waals surface area contributed by atoms with Gasteiger partial charge in [-0.15, -0.1) is 11.3 Å². The van der Waals surface area contributed by atoms with Gasteiger partial charge in [0.25, 0.3) is 0 Å². The lowest BCUT2D eigenvalue weighted by molar-refractivity contribution is 0.223. The zero-order valence-corrected chi connectivity index (χ0v) is 13.2. The van der Waals surface area contributed by atoms with E-state index in [1.165, 1.54) is 15.3 Å². The van der Waals surface area contributed by atoms with Crippen molar-refractivity contribution < 1.29 is 4.74 Å². The first-order valence-corrected chi connectivity index (χ1v) is 8.06. The summed E-state index contributed by atoms with van der Waals surface area (Å²) in [4.78, 5) is 2.73. The summed E-state index contributed by atoms with van der Waals surface area (Å²) >= 11 is 7.86. The van der Waals surface area contributed by atoms with E-state index in [2.05, 4.69) is 31.3 Å². The van der Waals surface area contributed by atoms with E-state index in [-0.39, 0.29) is 6.10 Å². The van der Waals surface area contributed by atoms with Crippen molar-refractivity contribution in [3.05, 3.63) is 50.7 Å². The molecule has 4 heteroatoms. The minimum Gasteiger partial charge on any atom is -0.488 e. The Labute approximate surface area is 128 Å². The summed E-state index contributed by atoms with van der Waals surface area (Å²) in [6.07, 6.45) is 1.13. The van der Waals surface area contributed by atoms with E-state index in [1.807, 2.05) is 29.5 Å². The van der Waals surface area contributed by atoms with E-state index in [0.717, 1.165) is 23.7 Å². The van der Waals surface area contributed by atoms with Crippen LogP contribution in [-0.2, 0) is 6.42 Å². The van der Waals surface area contributed by atoms with Crippen molar-refractivity contribution in [3.63, 3.8) is 0 Å². The molecule has 1 aliphatic rings. The maximum atomic E-state index is 6.01. The van der Waals surface area contributed by atoms with Crippen LogP contribution < -0.4 is 10.1 Å². The van der Waals surface area contributed by atoms with Crippen LogP contribution in [0.5, 0.6) is 5.75 Å². The van der Waals surface area contributed by atoms with E-state index >= 15 is 0 Å². The van der Waals surface area contributed by atoms with E-state index in [0.29, 0.717) is 6.04 Å². The molecule has 0 bridgehead atoms. The van der Waals surface area contributed by atoms with Crippen LogP contribution >= 0.6 is 22.9 Å². The minimum absolute atomic E-state index is 0.201. The summed E-state index contributed by atoms with van der Waals surface area (Å²) in [5, 5.41) is 4.34. The SMILES string of the molecule is Cc1ccc(C(C)NCC2Cc3cc(Cl)ccc3O2)s1. The molecule has 0 aliphatic carbocycles. The Morgan fingerprint density at radius 1 is 1.40 bits per heavy atom. The predicted molar refractivity (Wildman–Crippen MR) is 85.0 cm³/mol. The van der Waals surface area contributed by atoms with Gasteiger partial charge in [0.1, 0.15) is 11.9 Å². The molecular formula is C16H18ClNOS. The molecule has 2 atom stereocenters. The molecule has 0 spiro atoms. The first-order valence-electron chi connectivity index (χ1n) is 6.86. The molecular weight excluding hydrogens is 290 g/mol. The van der Waals surface area contributed by atoms with E-state index in [1.54, 1.807) is 0 Å². The molecule has 0 radical (unpaired) electrons. The fourth-order valence-corrected chi connectivity index (χ4v) is 3.60. The van der Waals surface area contributed by atoms with Gasteiger partial charge in [0.15, 0.2) is 0 Å². The van der Waals surface area contributed by atoms with Gasteiger partial charge in [0, 0.05) is 33.8 Å². The first-order chi connectivity index (χ1) is 9.61. The monoisotopic (exact) mass is 307 g/mol. The summed E-state index contributed by atoms with van der Waals surface area (Å²) in [5.74, 6) is 0.973. The third-order valence-electron chi connectivity index (χ3n) is 3.60. The fraction of sp³-hybridized carbons (Fsp3) is 0.375. The van der Waals surface area contributed by atoms with Crippen molar-refractivity contribution in [2.75, 3.05) is 6.54 Å². The highest BCUT2D eigenvalue weighted by atomic mass is 35.5. The number of benzene rings is 1. The first kappa shape index (κ1) is 13.9. The van der Waals surface area contributed by atoms with Gasteiger partial charge < -0.3 is 10.1 Å². The summed E-state index contributed by atoms with van der Waals surface area (Å²) < 4.78 is 5.94. The molecule has 2 aromatic rings. The smallest absolute Gasteiger partial charge is 0.123 e. The van der Waals surface area contributed by atoms with Gasteiger partial charge in [-0.05, 0) is 49.7 Å². The molecule has 0 saturated heterocycles. The average Bonchev–Trinajstić information content (AvgIpc) is 3.01. The largest absolute Gasteiger partial charge is 0.488 e. The van der Waals surface area contributed by atoms with Crippen molar-refractivity contribution in [1.29, 1.82) is 0 Å². The van der Waals surface area contributed by atoms with Gasteiger partial charge >= 0.3 is 0 Å². The molecule has 3 rings (SSSR count). The third-order valence-corrected chi connectivity index (χ3v) is 5.02. The normalized spacial score (nSPS) is 18.6. The Balaban J connectivity index is 1.56. The molecule has 20 heavy (non-hydrogen) atoms. The Morgan fingerprint density at radius 2 is 2.25 bits per heavy atom. The number of hydrogen-bond donors (Lipinski definition) is 1. The van der Waals surface area contributed by atoms with Gasteiger partial charge in [-0.25, -0.2) is 0 Å². The van der Waals surface area contributed by atoms with E-state index in [9.17, 15) is 0 Å². The summed E-state index contributed by atoms with van der Waals surface area (Å²) in [6, 6.07) is 10.6. The van der Waals surface area contributed by atoms with Gasteiger partial charge in [-0.1, -0.05) is 11.6 Å². The molecule has 106 valence electrons. The maximum absolute atomic E-state index is 6.01. The third kappa shape index (κ3) is 3.00. The molecule has 0 saturated carbocycles. The summed E-state index contributed by atoms with van der Waals surface area (Å²) in [7, 11) is 0. The predicted octanol–water partition coefficient (Wildman–Crippen LogP) is 4.36. The highest BCUT2D eigenvalue weighted by Crippen LogP contribution is 2.31. The van der Waals surface area contributed by atoms with Crippen molar-refractivity contribution in [2.45, 2.75) is 32.4 Å². The van der Waals surface area contributed by atoms with Crippen molar-refractivity contribution >= 4 is 22.9 Å². The summed E-state index contributed by atoms with van der Waals surface area (Å²) in [5.41, 5.74) is 1.21. The highest BCUT2D eigenvalue weighted by molar-refractivity contribution is 7.12. The molecule has 1 aliphatic heterocycles. The summed E-state index contributed by atoms with van der Waals surface area (Å²) in [6.45, 7) is 5.19. The van der Waals surface area contributed by atoms with Crippen LogP contribution in [0.3, 0.4) is 0 Å². The highest BCUT2D eigenvalue weighted by Gasteiger charge is 2.23. The number of fused-ring (bicyclic) bond motifs is 1. The van der Waals surface area contributed by atoms with Gasteiger partial charge in [0.05, 0.1) is 0 Å². The Hall–Kier alpha value is -1.03. The molecule has 1 aromatic carbocycles. The number of ether oxygens (including phenoxy) is 1. The zero-order valence-electron chi connectivity index (χ0n) is 11.7. The quantitative estimate of drug-likeness (QED) is 0.906. The molecule has 1 N–H and O–H groups in total. The Morgan fingerprint density at radius 3 is 3.00 bits per heavy atom. The molecule has 2 nitrogen and oxygen atoms in total. The number of aryl methyl sites for hydroxylation is 1. The van der Waals surface area contributed by atoms with Crippen LogP contribution in [0.2, 0.25) is 5.02 Å². The Kier molecular flexibility index (Phi) is 4.01. The number of halogens is 1. The number of rotatable bonds is 4.